The van der Waals surface area contributed by atoms with Crippen molar-refractivity contribution >= 4 is 5.97 Å². The van der Waals surface area contributed by atoms with Gasteiger partial charge < -0.3 is 4.74 Å². The zero-order chi connectivity index (χ0) is 10.7. The number of alkyl halides is 2. The Labute approximate surface area is 77.5 Å². The second-order valence-corrected chi connectivity index (χ2v) is 2.36. The third-order valence-electron chi connectivity index (χ3n) is 1.53. The minimum Gasteiger partial charge on any atom is -0.464 e. The standard InChI is InChI=1S/C8H6F3NO2/c1-14-8(13)6-5(9)4(7(10)11)2-3-12-6/h2-3,7H,1H3. The molecule has 1 rings (SSSR count). The molecule has 0 aromatic carbocycles. The van der Waals surface area contributed by atoms with E-state index < -0.39 is 29.5 Å². The number of aromatic nitrogens is 1. The van der Waals surface area contributed by atoms with Crippen LogP contribution in [0.2, 0.25) is 0 Å². The molecule has 0 N–H and O–H groups in total. The van der Waals surface area contributed by atoms with Crippen LogP contribution in [-0.4, -0.2) is 18.1 Å². The lowest BCUT2D eigenvalue weighted by molar-refractivity contribution is 0.0586. The SMILES string of the molecule is COC(=O)c1nccc(C(F)F)c1F. The lowest BCUT2D eigenvalue weighted by Crippen LogP contribution is -2.09. The predicted molar refractivity (Wildman–Crippen MR) is 40.5 cm³/mol. The molecule has 6 heteroatoms. The monoisotopic (exact) mass is 205 g/mol. The number of carbonyl (C=O) groups excluding carboxylic acids is 1. The van der Waals surface area contributed by atoms with Gasteiger partial charge in [-0.2, -0.15) is 0 Å². The minimum absolute atomic E-state index is 0.731. The van der Waals surface area contributed by atoms with Gasteiger partial charge >= 0.3 is 5.97 Å². The summed E-state index contributed by atoms with van der Waals surface area (Å²) in [5.74, 6) is -2.42. The Hall–Kier alpha value is -1.59. The molecule has 0 aliphatic rings. The zero-order valence-corrected chi connectivity index (χ0v) is 7.13. The summed E-state index contributed by atoms with van der Waals surface area (Å²) in [5.41, 5.74) is -1.59. The van der Waals surface area contributed by atoms with E-state index in [1.165, 1.54) is 0 Å². The number of methoxy groups -OCH3 is 1. The topological polar surface area (TPSA) is 39.2 Å². The number of halogens is 3. The number of esters is 1. The van der Waals surface area contributed by atoms with E-state index in [2.05, 4.69) is 9.72 Å². The largest absolute Gasteiger partial charge is 0.464 e. The van der Waals surface area contributed by atoms with E-state index in [-0.39, 0.29) is 0 Å². The second kappa shape index (κ2) is 4.08. The summed E-state index contributed by atoms with van der Waals surface area (Å²) in [6, 6.07) is 0.812. The summed E-state index contributed by atoms with van der Waals surface area (Å²) in [4.78, 5) is 14.1. The maximum absolute atomic E-state index is 13.1. The Morgan fingerprint density at radius 3 is 2.71 bits per heavy atom. The molecule has 0 atom stereocenters. The van der Waals surface area contributed by atoms with Gasteiger partial charge in [0.1, 0.15) is 0 Å². The number of hydrogen-bond acceptors (Lipinski definition) is 3. The first kappa shape index (κ1) is 10.5. The molecule has 0 saturated carbocycles. The number of pyridine rings is 1. The molecule has 0 saturated heterocycles. The Bertz CT molecular complexity index is 354. The number of nitrogens with zero attached hydrogens (tertiary/aromatic N) is 1. The minimum atomic E-state index is -2.98. The van der Waals surface area contributed by atoms with Crippen molar-refractivity contribution in [1.82, 2.24) is 4.98 Å². The van der Waals surface area contributed by atoms with Crippen LogP contribution in [0.15, 0.2) is 12.3 Å². The van der Waals surface area contributed by atoms with E-state index in [9.17, 15) is 18.0 Å². The van der Waals surface area contributed by atoms with E-state index in [1.807, 2.05) is 0 Å². The lowest BCUT2D eigenvalue weighted by Gasteiger charge is -2.04. The first-order valence-electron chi connectivity index (χ1n) is 3.58. The third-order valence-corrected chi connectivity index (χ3v) is 1.53. The number of rotatable bonds is 2. The Balaban J connectivity index is 3.20. The van der Waals surface area contributed by atoms with E-state index in [0.717, 1.165) is 19.4 Å². The molecule has 0 aliphatic carbocycles. The first-order valence-corrected chi connectivity index (χ1v) is 3.58. The van der Waals surface area contributed by atoms with E-state index in [4.69, 9.17) is 0 Å². The van der Waals surface area contributed by atoms with Crippen LogP contribution in [0.25, 0.3) is 0 Å². The van der Waals surface area contributed by atoms with Crippen LogP contribution in [-0.2, 0) is 4.74 Å². The summed E-state index contributed by atoms with van der Waals surface area (Å²) in [7, 11) is 1.01. The molecule has 14 heavy (non-hydrogen) atoms. The van der Waals surface area contributed by atoms with Gasteiger partial charge in [0.15, 0.2) is 11.5 Å². The molecule has 0 radical (unpaired) electrons. The number of ether oxygens (including phenoxy) is 1. The van der Waals surface area contributed by atoms with Crippen molar-refractivity contribution in [2.75, 3.05) is 7.11 Å². The molecular weight excluding hydrogens is 199 g/mol. The molecule has 0 amide bonds. The fourth-order valence-corrected chi connectivity index (χ4v) is 0.866. The molecule has 1 aromatic heterocycles. The maximum Gasteiger partial charge on any atom is 0.359 e. The highest BCUT2D eigenvalue weighted by molar-refractivity contribution is 5.87. The molecule has 3 nitrogen and oxygen atoms in total. The van der Waals surface area contributed by atoms with Crippen molar-refractivity contribution < 1.29 is 22.7 Å². The van der Waals surface area contributed by atoms with E-state index in [0.29, 0.717) is 0 Å². The van der Waals surface area contributed by atoms with Crippen LogP contribution in [0.1, 0.15) is 22.5 Å². The Morgan fingerprint density at radius 2 is 2.21 bits per heavy atom. The average molecular weight is 205 g/mol. The van der Waals surface area contributed by atoms with Crippen LogP contribution >= 0.6 is 0 Å². The highest BCUT2D eigenvalue weighted by Gasteiger charge is 2.21. The molecule has 1 aromatic rings. The normalized spacial score (nSPS) is 10.4. The average Bonchev–Trinajstić information content (AvgIpc) is 2.16. The fraction of sp³-hybridized carbons (Fsp3) is 0.250. The van der Waals surface area contributed by atoms with Crippen molar-refractivity contribution in [2.45, 2.75) is 6.43 Å². The van der Waals surface area contributed by atoms with Gasteiger partial charge in [-0.05, 0) is 6.07 Å². The third kappa shape index (κ3) is 1.84. The van der Waals surface area contributed by atoms with Crippen molar-refractivity contribution in [3.8, 4) is 0 Å². The van der Waals surface area contributed by atoms with Crippen molar-refractivity contribution in [3.05, 3.63) is 29.3 Å². The number of hydrogen-bond donors (Lipinski definition) is 0. The van der Waals surface area contributed by atoms with Crippen molar-refractivity contribution in [1.29, 1.82) is 0 Å². The first-order chi connectivity index (χ1) is 6.57. The van der Waals surface area contributed by atoms with E-state index >= 15 is 0 Å². The second-order valence-electron chi connectivity index (χ2n) is 2.36. The molecular formula is C8H6F3NO2. The highest BCUT2D eigenvalue weighted by Crippen LogP contribution is 2.22. The van der Waals surface area contributed by atoms with Crippen molar-refractivity contribution in [2.24, 2.45) is 0 Å². The summed E-state index contributed by atoms with van der Waals surface area (Å²) < 4.78 is 41.6. The quantitative estimate of drug-likeness (QED) is 0.692. The van der Waals surface area contributed by atoms with Gasteiger partial charge in [-0.25, -0.2) is 22.9 Å². The predicted octanol–water partition coefficient (Wildman–Crippen LogP) is 1.94. The molecule has 0 unspecified atom stereocenters. The lowest BCUT2D eigenvalue weighted by atomic mass is 10.2. The van der Waals surface area contributed by atoms with Gasteiger partial charge in [0.2, 0.25) is 0 Å². The maximum atomic E-state index is 13.1. The van der Waals surface area contributed by atoms with Gasteiger partial charge in [0.05, 0.1) is 12.7 Å². The Morgan fingerprint density at radius 1 is 1.57 bits per heavy atom. The van der Waals surface area contributed by atoms with Gasteiger partial charge in [0, 0.05) is 6.20 Å². The fourth-order valence-electron chi connectivity index (χ4n) is 0.866. The van der Waals surface area contributed by atoms with Crippen LogP contribution in [0, 0.1) is 5.82 Å². The highest BCUT2D eigenvalue weighted by atomic mass is 19.3. The van der Waals surface area contributed by atoms with Gasteiger partial charge in [-0.3, -0.25) is 0 Å². The molecule has 0 bridgehead atoms. The van der Waals surface area contributed by atoms with Gasteiger partial charge in [-0.1, -0.05) is 0 Å². The molecule has 0 fully saturated rings. The van der Waals surface area contributed by atoms with Crippen LogP contribution in [0.4, 0.5) is 13.2 Å². The van der Waals surface area contributed by atoms with E-state index in [1.54, 1.807) is 0 Å². The zero-order valence-electron chi connectivity index (χ0n) is 7.13. The summed E-state index contributed by atoms with van der Waals surface area (Å²) >= 11 is 0. The van der Waals surface area contributed by atoms with Crippen molar-refractivity contribution in [3.63, 3.8) is 0 Å². The summed E-state index contributed by atoms with van der Waals surface area (Å²) in [6.45, 7) is 0. The smallest absolute Gasteiger partial charge is 0.359 e. The Kier molecular flexibility index (Phi) is 3.06. The van der Waals surface area contributed by atoms with Crippen LogP contribution in [0.5, 0.6) is 0 Å². The summed E-state index contributed by atoms with van der Waals surface area (Å²) in [5, 5.41) is 0. The molecule has 1 heterocycles. The van der Waals surface area contributed by atoms with Gasteiger partial charge in [0.25, 0.3) is 6.43 Å². The van der Waals surface area contributed by atoms with Crippen LogP contribution < -0.4 is 0 Å². The molecule has 0 aliphatic heterocycles. The van der Waals surface area contributed by atoms with Gasteiger partial charge in [-0.15, -0.1) is 0 Å². The van der Waals surface area contributed by atoms with Crippen LogP contribution in [0.3, 0.4) is 0 Å². The summed E-state index contributed by atoms with van der Waals surface area (Å²) in [6.07, 6.45) is -2.06. The molecule has 0 spiro atoms. The molecule has 76 valence electrons. The number of carbonyl (C=O) groups is 1.